The van der Waals surface area contributed by atoms with Crippen molar-refractivity contribution in [3.63, 3.8) is 0 Å². The molecule has 1 aromatic rings. The monoisotopic (exact) mass is 335 g/mol. The lowest BCUT2D eigenvalue weighted by Crippen LogP contribution is -2.31. The van der Waals surface area contributed by atoms with Crippen LogP contribution in [-0.4, -0.2) is 44.5 Å². The predicted molar refractivity (Wildman–Crippen MR) is 84.6 cm³/mol. The van der Waals surface area contributed by atoms with Gasteiger partial charge < -0.3 is 10.3 Å². The minimum absolute atomic E-state index is 0.0173. The van der Waals surface area contributed by atoms with Crippen LogP contribution in [0.5, 0.6) is 0 Å². The molecule has 120 valence electrons. The molecule has 4 N–H and O–H groups in total. The first kappa shape index (κ1) is 18.1. The molecule has 0 aliphatic heterocycles. The molecule has 0 fully saturated rings. The number of sulfonamides is 1. The maximum Gasteiger partial charge on any atom is 0.242 e. The van der Waals surface area contributed by atoms with E-state index in [9.17, 15) is 8.42 Å². The number of nitrogen functional groups attached to an aromatic ring is 1. The number of hydrogen-bond donors (Lipinski definition) is 3. The third-order valence-electron chi connectivity index (χ3n) is 3.12. The normalized spacial score (nSPS) is 12.1. The minimum atomic E-state index is -3.61. The Kier molecular flexibility index (Phi) is 6.82. The van der Waals surface area contributed by atoms with Gasteiger partial charge >= 0.3 is 0 Å². The Labute approximate surface area is 130 Å². The summed E-state index contributed by atoms with van der Waals surface area (Å²) in [6.07, 6.45) is 1.93. The lowest BCUT2D eigenvalue weighted by atomic mass is 10.3. The Morgan fingerprint density at radius 3 is 2.67 bits per heavy atom. The van der Waals surface area contributed by atoms with Crippen molar-refractivity contribution in [1.29, 1.82) is 0 Å². The highest BCUT2D eigenvalue weighted by molar-refractivity contribution is 7.89. The number of rotatable bonds is 8. The maximum atomic E-state index is 12.1. The van der Waals surface area contributed by atoms with Crippen molar-refractivity contribution in [2.75, 3.05) is 25.6 Å². The summed E-state index contributed by atoms with van der Waals surface area (Å²) in [5.74, 6) is 5.42. The van der Waals surface area contributed by atoms with E-state index in [0.717, 1.165) is 13.0 Å². The number of aromatic nitrogens is 1. The largest absolute Gasteiger partial charge is 0.307 e. The van der Waals surface area contributed by atoms with Crippen LogP contribution in [0.3, 0.4) is 0 Å². The minimum Gasteiger partial charge on any atom is -0.307 e. The average molecular weight is 336 g/mol. The fraction of sp³-hybridized carbons (Fsp3) is 0.583. The van der Waals surface area contributed by atoms with Gasteiger partial charge in [0.1, 0.15) is 4.90 Å². The molecule has 0 unspecified atom stereocenters. The number of nitrogens with zero attached hydrogens (tertiary/aromatic N) is 2. The number of hydrazine groups is 1. The Balaban J connectivity index is 2.60. The molecule has 0 aliphatic rings. The molecule has 21 heavy (non-hydrogen) atoms. The van der Waals surface area contributed by atoms with E-state index in [1.807, 2.05) is 7.05 Å². The predicted octanol–water partition coefficient (Wildman–Crippen LogP) is 1.03. The highest BCUT2D eigenvalue weighted by Gasteiger charge is 2.16. The molecule has 0 saturated carbocycles. The molecule has 0 saturated heterocycles. The second-order valence-electron chi connectivity index (χ2n) is 4.97. The quantitative estimate of drug-likeness (QED) is 0.373. The first-order valence-corrected chi connectivity index (χ1v) is 8.46. The molecule has 0 spiro atoms. The fourth-order valence-corrected chi connectivity index (χ4v) is 2.88. The molecule has 0 aliphatic carbocycles. The van der Waals surface area contributed by atoms with Crippen molar-refractivity contribution >= 4 is 27.4 Å². The number of halogens is 1. The van der Waals surface area contributed by atoms with Crippen LogP contribution in [-0.2, 0) is 10.0 Å². The maximum absolute atomic E-state index is 12.1. The summed E-state index contributed by atoms with van der Waals surface area (Å²) in [7, 11) is -1.61. The molecular formula is C12H22ClN5O2S. The standard InChI is InChI=1S/C12H22ClN5O2S/c1-9(2)18(3)6-4-5-16-21(19,20)10-7-11(13)12(17-14)15-8-10/h7-9,16H,4-6,14H2,1-3H3,(H,15,17). The van der Waals surface area contributed by atoms with Crippen LogP contribution in [0.25, 0.3) is 0 Å². The first-order chi connectivity index (χ1) is 9.77. The molecule has 1 rings (SSSR count). The molecule has 9 heteroatoms. The first-order valence-electron chi connectivity index (χ1n) is 6.60. The van der Waals surface area contributed by atoms with Crippen molar-refractivity contribution in [3.8, 4) is 0 Å². The van der Waals surface area contributed by atoms with E-state index in [4.69, 9.17) is 17.4 Å². The van der Waals surface area contributed by atoms with Crippen LogP contribution in [0, 0.1) is 0 Å². The van der Waals surface area contributed by atoms with Crippen LogP contribution in [0.1, 0.15) is 20.3 Å². The molecule has 0 radical (unpaired) electrons. The van der Waals surface area contributed by atoms with E-state index < -0.39 is 10.0 Å². The Morgan fingerprint density at radius 1 is 1.48 bits per heavy atom. The number of pyridine rings is 1. The van der Waals surface area contributed by atoms with E-state index in [-0.39, 0.29) is 15.7 Å². The SMILES string of the molecule is CC(C)N(C)CCCNS(=O)(=O)c1cnc(NN)c(Cl)c1. The summed E-state index contributed by atoms with van der Waals surface area (Å²) < 4.78 is 26.7. The number of nitrogens with two attached hydrogens (primary N) is 1. The van der Waals surface area contributed by atoms with Crippen molar-refractivity contribution < 1.29 is 8.42 Å². The average Bonchev–Trinajstić information content (AvgIpc) is 2.43. The number of nitrogens with one attached hydrogen (secondary N) is 2. The van der Waals surface area contributed by atoms with Crippen LogP contribution < -0.4 is 16.0 Å². The second kappa shape index (κ2) is 7.90. The Bertz CT molecular complexity index is 565. The summed E-state index contributed by atoms with van der Waals surface area (Å²) in [4.78, 5) is 6.01. The zero-order valence-electron chi connectivity index (χ0n) is 12.4. The van der Waals surface area contributed by atoms with Crippen molar-refractivity contribution in [1.82, 2.24) is 14.6 Å². The van der Waals surface area contributed by atoms with Crippen LogP contribution >= 0.6 is 11.6 Å². The topological polar surface area (TPSA) is 100 Å². The summed E-state index contributed by atoms with van der Waals surface area (Å²) in [5, 5.41) is 0.153. The van der Waals surface area contributed by atoms with Gasteiger partial charge in [-0.1, -0.05) is 11.6 Å². The highest BCUT2D eigenvalue weighted by atomic mass is 35.5. The van der Waals surface area contributed by atoms with Gasteiger partial charge in [-0.2, -0.15) is 0 Å². The van der Waals surface area contributed by atoms with Crippen LogP contribution in [0.2, 0.25) is 5.02 Å². The second-order valence-corrected chi connectivity index (χ2v) is 7.15. The molecule has 7 nitrogen and oxygen atoms in total. The molecule has 0 aromatic carbocycles. The van der Waals surface area contributed by atoms with E-state index in [1.54, 1.807) is 0 Å². The van der Waals surface area contributed by atoms with Gasteiger partial charge in [0.05, 0.1) is 5.02 Å². The van der Waals surface area contributed by atoms with Crippen LogP contribution in [0.15, 0.2) is 17.2 Å². The van der Waals surface area contributed by atoms with Gasteiger partial charge in [-0.25, -0.2) is 24.0 Å². The third kappa shape index (κ3) is 5.40. The third-order valence-corrected chi connectivity index (χ3v) is 4.84. The number of anilines is 1. The van der Waals surface area contributed by atoms with Crippen LogP contribution in [0.4, 0.5) is 5.82 Å². The smallest absolute Gasteiger partial charge is 0.242 e. The van der Waals surface area contributed by atoms with Crippen molar-refractivity contribution in [2.45, 2.75) is 31.2 Å². The lowest BCUT2D eigenvalue weighted by Gasteiger charge is -2.20. The molecule has 0 atom stereocenters. The van der Waals surface area contributed by atoms with E-state index in [2.05, 4.69) is 33.9 Å². The van der Waals surface area contributed by atoms with Gasteiger partial charge in [-0.15, -0.1) is 0 Å². The molecule has 0 amide bonds. The van der Waals surface area contributed by atoms with Gasteiger partial charge in [0.25, 0.3) is 0 Å². The van der Waals surface area contributed by atoms with E-state index >= 15 is 0 Å². The lowest BCUT2D eigenvalue weighted by molar-refractivity contribution is 0.271. The zero-order chi connectivity index (χ0) is 16.0. The highest BCUT2D eigenvalue weighted by Crippen LogP contribution is 2.21. The van der Waals surface area contributed by atoms with Gasteiger partial charge in [-0.3, -0.25) is 0 Å². The van der Waals surface area contributed by atoms with Gasteiger partial charge in [0, 0.05) is 18.8 Å². The summed E-state index contributed by atoms with van der Waals surface area (Å²) in [5.41, 5.74) is 2.29. The van der Waals surface area contributed by atoms with E-state index in [1.165, 1.54) is 12.3 Å². The van der Waals surface area contributed by atoms with Crippen molar-refractivity contribution in [3.05, 3.63) is 17.3 Å². The summed E-state index contributed by atoms with van der Waals surface area (Å²) >= 11 is 5.87. The van der Waals surface area contributed by atoms with Gasteiger partial charge in [0.15, 0.2) is 5.82 Å². The Hall–Kier alpha value is -0.930. The molecule has 1 heterocycles. The van der Waals surface area contributed by atoms with Gasteiger partial charge in [0.2, 0.25) is 10.0 Å². The molecule has 0 bridgehead atoms. The molecular weight excluding hydrogens is 314 g/mol. The Morgan fingerprint density at radius 2 is 2.14 bits per heavy atom. The fourth-order valence-electron chi connectivity index (χ4n) is 1.55. The zero-order valence-corrected chi connectivity index (χ0v) is 14.0. The van der Waals surface area contributed by atoms with Crippen molar-refractivity contribution in [2.24, 2.45) is 5.84 Å². The number of hydrogen-bond acceptors (Lipinski definition) is 6. The summed E-state index contributed by atoms with van der Waals surface area (Å²) in [6.45, 7) is 5.35. The molecule has 1 aromatic heterocycles. The van der Waals surface area contributed by atoms with Gasteiger partial charge in [-0.05, 0) is 39.9 Å². The van der Waals surface area contributed by atoms with E-state index in [0.29, 0.717) is 12.6 Å². The summed E-state index contributed by atoms with van der Waals surface area (Å²) in [6, 6.07) is 1.74.